The first-order valence-corrected chi connectivity index (χ1v) is 9.70. The first-order valence-electron chi connectivity index (χ1n) is 9.70. The van der Waals surface area contributed by atoms with Crippen LogP contribution >= 0.6 is 0 Å². The van der Waals surface area contributed by atoms with Gasteiger partial charge in [-0.2, -0.15) is 0 Å². The fraction of sp³-hybridized carbons (Fsp3) is 0.600. The number of urea groups is 1. The number of likely N-dealkylation sites (N-methyl/N-ethyl adjacent to an activating group) is 1. The fourth-order valence-corrected chi connectivity index (χ4v) is 3.88. The second kappa shape index (κ2) is 8.54. The molecule has 0 spiro atoms. The summed E-state index contributed by atoms with van der Waals surface area (Å²) in [7, 11) is 0. The first-order chi connectivity index (χ1) is 12.6. The van der Waals surface area contributed by atoms with Gasteiger partial charge in [0.1, 0.15) is 0 Å². The molecule has 2 fully saturated rings. The summed E-state index contributed by atoms with van der Waals surface area (Å²) < 4.78 is 0. The molecule has 3 rings (SSSR count). The molecule has 0 unspecified atom stereocenters. The number of benzene rings is 1. The van der Waals surface area contributed by atoms with Crippen molar-refractivity contribution in [3.05, 3.63) is 35.9 Å². The Labute approximate surface area is 155 Å². The Morgan fingerprint density at radius 2 is 1.73 bits per heavy atom. The van der Waals surface area contributed by atoms with Crippen molar-refractivity contribution in [1.29, 1.82) is 0 Å². The minimum absolute atomic E-state index is 0.0184. The summed E-state index contributed by atoms with van der Waals surface area (Å²) in [4.78, 5) is 28.2. The van der Waals surface area contributed by atoms with E-state index in [1.807, 2.05) is 17.9 Å². The van der Waals surface area contributed by atoms with Crippen LogP contribution in [0.2, 0.25) is 0 Å². The van der Waals surface area contributed by atoms with Gasteiger partial charge in [-0.15, -0.1) is 0 Å². The number of rotatable bonds is 6. The van der Waals surface area contributed by atoms with Gasteiger partial charge in [0.2, 0.25) is 5.91 Å². The molecule has 0 atom stereocenters. The molecule has 1 aromatic carbocycles. The quantitative estimate of drug-likeness (QED) is 0.811. The lowest BCUT2D eigenvalue weighted by Crippen LogP contribution is -2.55. The summed E-state index contributed by atoms with van der Waals surface area (Å²) in [6.07, 6.45) is 3.50. The van der Waals surface area contributed by atoms with E-state index in [0.717, 1.165) is 25.9 Å². The van der Waals surface area contributed by atoms with E-state index < -0.39 is 0 Å². The molecule has 1 aliphatic heterocycles. The Morgan fingerprint density at radius 1 is 1.04 bits per heavy atom. The predicted octanol–water partition coefficient (Wildman–Crippen LogP) is 1.57. The maximum absolute atomic E-state index is 12.6. The third-order valence-corrected chi connectivity index (χ3v) is 5.68. The van der Waals surface area contributed by atoms with Gasteiger partial charge >= 0.3 is 6.03 Å². The van der Waals surface area contributed by atoms with Gasteiger partial charge in [-0.05, 0) is 25.3 Å². The second-order valence-electron chi connectivity index (χ2n) is 7.38. The van der Waals surface area contributed by atoms with Crippen molar-refractivity contribution in [3.63, 3.8) is 0 Å². The highest BCUT2D eigenvalue weighted by Crippen LogP contribution is 2.43. The Bertz CT molecular complexity index is 607. The van der Waals surface area contributed by atoms with Gasteiger partial charge in [0.25, 0.3) is 0 Å². The molecule has 1 aliphatic carbocycles. The fourth-order valence-electron chi connectivity index (χ4n) is 3.88. The standard InChI is InChI=1S/C20H30N4O2/c1-2-21-18(25)15-23-11-13-24(14-12-23)19(26)22-16-20(9-6-10-20)17-7-4-3-5-8-17/h3-5,7-8H,2,6,9-16H2,1H3,(H,21,25)(H,22,26). The number of carbonyl (C=O) groups excluding carboxylic acids is 2. The number of piperazine rings is 1. The zero-order valence-electron chi connectivity index (χ0n) is 15.7. The normalized spacial score (nSPS) is 19.5. The molecule has 1 heterocycles. The second-order valence-corrected chi connectivity index (χ2v) is 7.38. The highest BCUT2D eigenvalue weighted by Gasteiger charge is 2.39. The molecule has 0 aromatic heterocycles. The van der Waals surface area contributed by atoms with Crippen LogP contribution < -0.4 is 10.6 Å². The monoisotopic (exact) mass is 358 g/mol. The maximum Gasteiger partial charge on any atom is 0.317 e. The average molecular weight is 358 g/mol. The lowest BCUT2D eigenvalue weighted by atomic mass is 9.64. The summed E-state index contributed by atoms with van der Waals surface area (Å²) in [5, 5.41) is 5.98. The topological polar surface area (TPSA) is 64.7 Å². The first kappa shape index (κ1) is 18.7. The highest BCUT2D eigenvalue weighted by atomic mass is 16.2. The molecular formula is C20H30N4O2. The van der Waals surface area contributed by atoms with E-state index in [1.165, 1.54) is 12.0 Å². The van der Waals surface area contributed by atoms with Crippen molar-refractivity contribution in [2.45, 2.75) is 31.6 Å². The van der Waals surface area contributed by atoms with Crippen LogP contribution in [0.3, 0.4) is 0 Å². The number of amides is 3. The van der Waals surface area contributed by atoms with Crippen LogP contribution in [0.4, 0.5) is 4.79 Å². The van der Waals surface area contributed by atoms with Crippen LogP contribution in [0.25, 0.3) is 0 Å². The summed E-state index contributed by atoms with van der Waals surface area (Å²) in [6, 6.07) is 10.5. The molecule has 3 amide bonds. The van der Waals surface area contributed by atoms with Crippen LogP contribution in [0, 0.1) is 0 Å². The minimum Gasteiger partial charge on any atom is -0.355 e. The van der Waals surface area contributed by atoms with E-state index >= 15 is 0 Å². The van der Waals surface area contributed by atoms with Crippen LogP contribution in [0.1, 0.15) is 31.7 Å². The molecule has 6 nitrogen and oxygen atoms in total. The highest BCUT2D eigenvalue weighted by molar-refractivity contribution is 5.78. The lowest BCUT2D eigenvalue weighted by Gasteiger charge is -2.43. The van der Waals surface area contributed by atoms with E-state index in [4.69, 9.17) is 0 Å². The number of carbonyl (C=O) groups is 2. The maximum atomic E-state index is 12.6. The summed E-state index contributed by atoms with van der Waals surface area (Å²) in [6.45, 7) is 6.53. The van der Waals surface area contributed by atoms with Crippen LogP contribution in [0.15, 0.2) is 30.3 Å². The van der Waals surface area contributed by atoms with Crippen LogP contribution in [0.5, 0.6) is 0 Å². The van der Waals surface area contributed by atoms with E-state index in [2.05, 4.69) is 39.8 Å². The van der Waals surface area contributed by atoms with Crippen molar-refractivity contribution in [1.82, 2.24) is 20.4 Å². The van der Waals surface area contributed by atoms with Crippen LogP contribution in [-0.4, -0.2) is 67.6 Å². The minimum atomic E-state index is 0.0184. The zero-order valence-corrected chi connectivity index (χ0v) is 15.7. The molecular weight excluding hydrogens is 328 g/mol. The van der Waals surface area contributed by atoms with Gasteiger partial charge in [0.15, 0.2) is 0 Å². The van der Waals surface area contributed by atoms with Gasteiger partial charge in [0, 0.05) is 44.7 Å². The van der Waals surface area contributed by atoms with Gasteiger partial charge in [-0.1, -0.05) is 36.8 Å². The Balaban J connectivity index is 1.45. The summed E-state index contributed by atoms with van der Waals surface area (Å²) in [5.41, 5.74) is 1.44. The lowest BCUT2D eigenvalue weighted by molar-refractivity contribution is -0.122. The third-order valence-electron chi connectivity index (χ3n) is 5.68. The summed E-state index contributed by atoms with van der Waals surface area (Å²) in [5.74, 6) is 0.0557. The van der Waals surface area contributed by atoms with Crippen molar-refractivity contribution in [3.8, 4) is 0 Å². The van der Waals surface area contributed by atoms with Crippen molar-refractivity contribution < 1.29 is 9.59 Å². The summed E-state index contributed by atoms with van der Waals surface area (Å²) >= 11 is 0. The van der Waals surface area contributed by atoms with E-state index in [1.54, 1.807) is 0 Å². The van der Waals surface area contributed by atoms with Gasteiger partial charge < -0.3 is 15.5 Å². The van der Waals surface area contributed by atoms with Gasteiger partial charge in [0.05, 0.1) is 6.54 Å². The van der Waals surface area contributed by atoms with Crippen molar-refractivity contribution >= 4 is 11.9 Å². The Hall–Kier alpha value is -2.08. The Morgan fingerprint density at radius 3 is 2.31 bits per heavy atom. The SMILES string of the molecule is CCNC(=O)CN1CCN(C(=O)NCC2(c3ccccc3)CCC2)CC1. The molecule has 2 N–H and O–H groups in total. The average Bonchev–Trinajstić information content (AvgIpc) is 2.62. The molecule has 142 valence electrons. The predicted molar refractivity (Wildman–Crippen MR) is 102 cm³/mol. The van der Waals surface area contributed by atoms with E-state index in [9.17, 15) is 9.59 Å². The molecule has 6 heteroatoms. The van der Waals surface area contributed by atoms with Crippen molar-refractivity contribution in [2.75, 3.05) is 45.8 Å². The zero-order chi connectivity index (χ0) is 18.4. The largest absolute Gasteiger partial charge is 0.355 e. The Kier molecular flexibility index (Phi) is 6.14. The molecule has 0 bridgehead atoms. The van der Waals surface area contributed by atoms with Gasteiger partial charge in [-0.25, -0.2) is 4.79 Å². The molecule has 26 heavy (non-hydrogen) atoms. The van der Waals surface area contributed by atoms with Gasteiger partial charge in [-0.3, -0.25) is 9.69 Å². The molecule has 1 aromatic rings. The molecule has 0 radical (unpaired) electrons. The smallest absolute Gasteiger partial charge is 0.317 e. The number of nitrogens with zero attached hydrogens (tertiary/aromatic N) is 2. The van der Waals surface area contributed by atoms with E-state index in [0.29, 0.717) is 32.7 Å². The van der Waals surface area contributed by atoms with Crippen LogP contribution in [-0.2, 0) is 10.2 Å². The number of hydrogen-bond acceptors (Lipinski definition) is 3. The van der Waals surface area contributed by atoms with E-state index in [-0.39, 0.29) is 17.4 Å². The molecule has 1 saturated heterocycles. The molecule has 1 saturated carbocycles. The molecule has 2 aliphatic rings. The van der Waals surface area contributed by atoms with Crippen molar-refractivity contribution in [2.24, 2.45) is 0 Å². The number of nitrogens with one attached hydrogen (secondary N) is 2. The number of hydrogen-bond donors (Lipinski definition) is 2. The third kappa shape index (κ3) is 4.36.